The molecular formula is C15H24N4S. The smallest absolute Gasteiger partial charge is 0.157 e. The number of thioether (sulfide) groups is 1. The minimum Gasteiger partial charge on any atom is -0.359 e. The molecule has 110 valence electrons. The van der Waals surface area contributed by atoms with Crippen LogP contribution in [0.2, 0.25) is 0 Å². The highest BCUT2D eigenvalue weighted by Crippen LogP contribution is 2.38. The highest BCUT2D eigenvalue weighted by atomic mass is 32.2. The number of nitrogens with one attached hydrogen (secondary N) is 1. The van der Waals surface area contributed by atoms with Crippen LogP contribution in [0.15, 0.2) is 17.4 Å². The summed E-state index contributed by atoms with van der Waals surface area (Å²) in [6, 6.07) is 0. The Labute approximate surface area is 125 Å². The summed E-state index contributed by atoms with van der Waals surface area (Å²) < 4.78 is 2.07. The lowest BCUT2D eigenvalue weighted by atomic mass is 9.78. The van der Waals surface area contributed by atoms with E-state index in [1.165, 1.54) is 31.4 Å². The molecule has 0 amide bonds. The fourth-order valence-electron chi connectivity index (χ4n) is 3.07. The van der Waals surface area contributed by atoms with Crippen molar-refractivity contribution in [2.45, 2.75) is 44.6 Å². The summed E-state index contributed by atoms with van der Waals surface area (Å²) in [6.07, 6.45) is 10.1. The van der Waals surface area contributed by atoms with Gasteiger partial charge in [-0.1, -0.05) is 18.7 Å². The Balaban J connectivity index is 1.52. The molecule has 0 unspecified atom stereocenters. The number of hydrogen-bond donors (Lipinski definition) is 1. The van der Waals surface area contributed by atoms with Gasteiger partial charge in [-0.3, -0.25) is 4.99 Å². The van der Waals surface area contributed by atoms with Crippen molar-refractivity contribution in [2.24, 2.45) is 18.0 Å². The Morgan fingerprint density at radius 1 is 1.50 bits per heavy atom. The van der Waals surface area contributed by atoms with Crippen LogP contribution in [0, 0.1) is 5.92 Å². The van der Waals surface area contributed by atoms with E-state index in [-0.39, 0.29) is 0 Å². The van der Waals surface area contributed by atoms with E-state index in [1.54, 1.807) is 0 Å². The normalized spacial score (nSPS) is 31.9. The lowest BCUT2D eigenvalue weighted by Crippen LogP contribution is -2.46. The van der Waals surface area contributed by atoms with E-state index in [0.717, 1.165) is 29.9 Å². The molecule has 0 aromatic carbocycles. The van der Waals surface area contributed by atoms with Crippen LogP contribution in [-0.2, 0) is 13.5 Å². The second kappa shape index (κ2) is 5.80. The molecule has 1 aromatic heterocycles. The maximum atomic E-state index is 4.72. The third-order valence-corrected chi connectivity index (χ3v) is 5.80. The summed E-state index contributed by atoms with van der Waals surface area (Å²) in [7, 11) is 2.04. The van der Waals surface area contributed by atoms with Gasteiger partial charge in [0.2, 0.25) is 0 Å². The van der Waals surface area contributed by atoms with Crippen LogP contribution < -0.4 is 5.32 Å². The summed E-state index contributed by atoms with van der Waals surface area (Å²) in [4.78, 5) is 9.06. The quantitative estimate of drug-likeness (QED) is 0.931. The van der Waals surface area contributed by atoms with Crippen molar-refractivity contribution < 1.29 is 0 Å². The second-order valence-corrected chi connectivity index (χ2v) is 7.23. The van der Waals surface area contributed by atoms with Gasteiger partial charge in [-0.05, 0) is 31.6 Å². The number of rotatable bonds is 3. The minimum absolute atomic E-state index is 0.346. The molecule has 0 bridgehead atoms. The zero-order valence-corrected chi connectivity index (χ0v) is 13.2. The molecule has 2 aliphatic rings. The molecule has 1 saturated carbocycles. The summed E-state index contributed by atoms with van der Waals surface area (Å²) in [5.41, 5.74) is 0.346. The first-order valence-electron chi connectivity index (χ1n) is 7.58. The van der Waals surface area contributed by atoms with Crippen molar-refractivity contribution in [2.75, 3.05) is 12.3 Å². The topological polar surface area (TPSA) is 42.2 Å². The first-order chi connectivity index (χ1) is 9.67. The summed E-state index contributed by atoms with van der Waals surface area (Å²) in [5.74, 6) is 3.21. The van der Waals surface area contributed by atoms with Crippen molar-refractivity contribution in [1.82, 2.24) is 14.9 Å². The average molecular weight is 292 g/mol. The number of aliphatic imine (C=N–C) groups is 1. The third kappa shape index (κ3) is 3.03. The standard InChI is InChI=1S/C15H24N4S/c1-12-3-6-15(7-4-12)11-20-14(18-15)17-8-5-13-16-9-10-19(13)2/h9-10,12H,3-8,11H2,1-2H3,(H,17,18). The largest absolute Gasteiger partial charge is 0.359 e. The lowest BCUT2D eigenvalue weighted by Gasteiger charge is -2.35. The molecule has 1 saturated heterocycles. The van der Waals surface area contributed by atoms with Gasteiger partial charge < -0.3 is 9.88 Å². The van der Waals surface area contributed by atoms with E-state index in [0.29, 0.717) is 5.54 Å². The van der Waals surface area contributed by atoms with Gasteiger partial charge in [0.15, 0.2) is 5.17 Å². The maximum Gasteiger partial charge on any atom is 0.157 e. The third-order valence-electron chi connectivity index (χ3n) is 4.60. The van der Waals surface area contributed by atoms with E-state index in [4.69, 9.17) is 4.99 Å². The van der Waals surface area contributed by atoms with E-state index in [1.807, 2.05) is 31.2 Å². The van der Waals surface area contributed by atoms with Gasteiger partial charge in [-0.2, -0.15) is 0 Å². The monoisotopic (exact) mass is 292 g/mol. The molecule has 20 heavy (non-hydrogen) atoms. The Morgan fingerprint density at radius 2 is 2.30 bits per heavy atom. The Kier molecular flexibility index (Phi) is 4.06. The summed E-state index contributed by atoms with van der Waals surface area (Å²) in [6.45, 7) is 3.20. The second-order valence-electron chi connectivity index (χ2n) is 6.27. The lowest BCUT2D eigenvalue weighted by molar-refractivity contribution is 0.251. The molecular weight excluding hydrogens is 268 g/mol. The number of aromatic nitrogens is 2. The molecule has 4 nitrogen and oxygen atoms in total. The van der Waals surface area contributed by atoms with Gasteiger partial charge in [0.25, 0.3) is 0 Å². The number of nitrogens with zero attached hydrogens (tertiary/aromatic N) is 3. The van der Waals surface area contributed by atoms with E-state index >= 15 is 0 Å². The zero-order chi connectivity index (χ0) is 14.0. The molecule has 5 heteroatoms. The highest BCUT2D eigenvalue weighted by Gasteiger charge is 2.39. The average Bonchev–Trinajstić information content (AvgIpc) is 3.02. The van der Waals surface area contributed by atoms with Gasteiger partial charge in [0.05, 0.1) is 0 Å². The molecule has 1 aliphatic heterocycles. The van der Waals surface area contributed by atoms with Gasteiger partial charge >= 0.3 is 0 Å². The molecule has 1 spiro atoms. The molecule has 2 heterocycles. The SMILES string of the molecule is CC1CCC2(CC1)CSC(=NCCc1nccn1C)N2. The number of imidazole rings is 1. The van der Waals surface area contributed by atoms with Crippen LogP contribution in [0.1, 0.15) is 38.4 Å². The predicted octanol–water partition coefficient (Wildman–Crippen LogP) is 2.60. The molecule has 0 radical (unpaired) electrons. The van der Waals surface area contributed by atoms with Crippen molar-refractivity contribution in [3.8, 4) is 0 Å². The van der Waals surface area contributed by atoms with Crippen molar-refractivity contribution in [3.05, 3.63) is 18.2 Å². The molecule has 0 atom stereocenters. The first kappa shape index (κ1) is 14.0. The summed E-state index contributed by atoms with van der Waals surface area (Å²) >= 11 is 1.90. The molecule has 1 aliphatic carbocycles. The van der Waals surface area contributed by atoms with Crippen LogP contribution in [0.25, 0.3) is 0 Å². The zero-order valence-electron chi connectivity index (χ0n) is 12.4. The molecule has 1 N–H and O–H groups in total. The van der Waals surface area contributed by atoms with Crippen molar-refractivity contribution in [3.63, 3.8) is 0 Å². The highest BCUT2D eigenvalue weighted by molar-refractivity contribution is 8.14. The van der Waals surface area contributed by atoms with Crippen LogP contribution in [0.3, 0.4) is 0 Å². The van der Waals surface area contributed by atoms with Crippen LogP contribution in [0.4, 0.5) is 0 Å². The van der Waals surface area contributed by atoms with Crippen LogP contribution >= 0.6 is 11.8 Å². The van der Waals surface area contributed by atoms with E-state index < -0.39 is 0 Å². The van der Waals surface area contributed by atoms with Gasteiger partial charge in [-0.25, -0.2) is 4.98 Å². The molecule has 3 rings (SSSR count). The van der Waals surface area contributed by atoms with Crippen molar-refractivity contribution >= 4 is 16.9 Å². The van der Waals surface area contributed by atoms with Gasteiger partial charge in [-0.15, -0.1) is 0 Å². The minimum atomic E-state index is 0.346. The van der Waals surface area contributed by atoms with Crippen molar-refractivity contribution in [1.29, 1.82) is 0 Å². The molecule has 1 aromatic rings. The van der Waals surface area contributed by atoms with Gasteiger partial charge in [0.1, 0.15) is 5.82 Å². The number of amidine groups is 1. The fraction of sp³-hybridized carbons (Fsp3) is 0.733. The Hall–Kier alpha value is -0.970. The first-order valence-corrected chi connectivity index (χ1v) is 8.57. The van der Waals surface area contributed by atoms with E-state index in [2.05, 4.69) is 21.8 Å². The Morgan fingerprint density at radius 3 is 3.00 bits per heavy atom. The number of hydrogen-bond acceptors (Lipinski definition) is 3. The maximum absolute atomic E-state index is 4.72. The fourth-order valence-corrected chi connectivity index (χ4v) is 4.31. The van der Waals surface area contributed by atoms with Crippen LogP contribution in [0.5, 0.6) is 0 Å². The molecule has 2 fully saturated rings. The van der Waals surface area contributed by atoms with Gasteiger partial charge in [0, 0.05) is 43.7 Å². The van der Waals surface area contributed by atoms with E-state index in [9.17, 15) is 0 Å². The predicted molar refractivity (Wildman–Crippen MR) is 85.2 cm³/mol. The van der Waals surface area contributed by atoms with Crippen LogP contribution in [-0.4, -0.2) is 32.6 Å². The number of aryl methyl sites for hydroxylation is 1. The summed E-state index contributed by atoms with van der Waals surface area (Å²) in [5, 5.41) is 4.85. The Bertz CT molecular complexity index is 486.